The van der Waals surface area contributed by atoms with Crippen LogP contribution in [0.25, 0.3) is 0 Å². The van der Waals surface area contributed by atoms with Crippen molar-refractivity contribution in [3.05, 3.63) is 29.7 Å². The van der Waals surface area contributed by atoms with Crippen molar-refractivity contribution in [2.45, 2.75) is 32.4 Å². The van der Waals surface area contributed by atoms with Crippen molar-refractivity contribution in [2.75, 3.05) is 0 Å². The molecule has 0 aromatic carbocycles. The average molecular weight is 178 g/mol. The van der Waals surface area contributed by atoms with Gasteiger partial charge >= 0.3 is 0 Å². The summed E-state index contributed by atoms with van der Waals surface area (Å²) in [5.74, 6) is 0. The SMILES string of the molecule is Cc1nocc1CNC1CC=CC1. The maximum Gasteiger partial charge on any atom is 0.128 e. The first-order valence-electron chi connectivity index (χ1n) is 4.64. The van der Waals surface area contributed by atoms with Crippen LogP contribution in [0.5, 0.6) is 0 Å². The molecule has 0 atom stereocenters. The summed E-state index contributed by atoms with van der Waals surface area (Å²) < 4.78 is 4.85. The number of nitrogens with one attached hydrogen (secondary N) is 1. The third kappa shape index (κ3) is 1.98. The Kier molecular flexibility index (Phi) is 2.45. The minimum atomic E-state index is 0.606. The van der Waals surface area contributed by atoms with Gasteiger partial charge in [-0.3, -0.25) is 0 Å². The predicted molar refractivity (Wildman–Crippen MR) is 50.2 cm³/mol. The van der Waals surface area contributed by atoms with Gasteiger partial charge in [-0.15, -0.1) is 0 Å². The van der Waals surface area contributed by atoms with Crippen LogP contribution in [0.2, 0.25) is 0 Å². The summed E-state index contributed by atoms with van der Waals surface area (Å²) in [6.07, 6.45) is 8.44. The fourth-order valence-electron chi connectivity index (χ4n) is 1.52. The molecule has 0 radical (unpaired) electrons. The summed E-state index contributed by atoms with van der Waals surface area (Å²) in [6.45, 7) is 2.83. The molecule has 0 fully saturated rings. The maximum atomic E-state index is 4.85. The van der Waals surface area contributed by atoms with Gasteiger partial charge in [0.15, 0.2) is 0 Å². The molecule has 0 aliphatic heterocycles. The Morgan fingerprint density at radius 3 is 2.92 bits per heavy atom. The first-order chi connectivity index (χ1) is 6.36. The van der Waals surface area contributed by atoms with Gasteiger partial charge < -0.3 is 9.84 Å². The fourth-order valence-corrected chi connectivity index (χ4v) is 1.52. The lowest BCUT2D eigenvalue weighted by Crippen LogP contribution is -2.25. The number of nitrogens with zero attached hydrogens (tertiary/aromatic N) is 1. The van der Waals surface area contributed by atoms with Gasteiger partial charge in [0.2, 0.25) is 0 Å². The van der Waals surface area contributed by atoms with Crippen LogP contribution in [-0.4, -0.2) is 11.2 Å². The van der Waals surface area contributed by atoms with E-state index >= 15 is 0 Å². The van der Waals surface area contributed by atoms with E-state index in [1.807, 2.05) is 6.92 Å². The zero-order valence-electron chi connectivity index (χ0n) is 7.79. The highest BCUT2D eigenvalue weighted by molar-refractivity contribution is 5.12. The molecule has 70 valence electrons. The highest BCUT2D eigenvalue weighted by Crippen LogP contribution is 2.11. The van der Waals surface area contributed by atoms with Crippen molar-refractivity contribution in [1.82, 2.24) is 10.5 Å². The zero-order valence-corrected chi connectivity index (χ0v) is 7.79. The molecule has 1 N–H and O–H groups in total. The first-order valence-corrected chi connectivity index (χ1v) is 4.64. The molecule has 0 spiro atoms. The van der Waals surface area contributed by atoms with Crippen molar-refractivity contribution in [1.29, 1.82) is 0 Å². The highest BCUT2D eigenvalue weighted by atomic mass is 16.5. The monoisotopic (exact) mass is 178 g/mol. The van der Waals surface area contributed by atoms with E-state index in [4.69, 9.17) is 4.52 Å². The van der Waals surface area contributed by atoms with Crippen LogP contribution in [0.4, 0.5) is 0 Å². The van der Waals surface area contributed by atoms with Gasteiger partial charge in [-0.1, -0.05) is 17.3 Å². The van der Waals surface area contributed by atoms with Crippen LogP contribution >= 0.6 is 0 Å². The van der Waals surface area contributed by atoms with Crippen molar-refractivity contribution in [3.63, 3.8) is 0 Å². The van der Waals surface area contributed by atoms with Crippen LogP contribution in [0.3, 0.4) is 0 Å². The molecule has 1 aliphatic carbocycles. The smallest absolute Gasteiger partial charge is 0.128 e. The van der Waals surface area contributed by atoms with Gasteiger partial charge in [0.05, 0.1) is 5.69 Å². The van der Waals surface area contributed by atoms with Gasteiger partial charge in [0.25, 0.3) is 0 Å². The maximum absolute atomic E-state index is 4.85. The van der Waals surface area contributed by atoms with E-state index in [1.54, 1.807) is 6.26 Å². The Morgan fingerprint density at radius 2 is 2.31 bits per heavy atom. The Morgan fingerprint density at radius 1 is 1.54 bits per heavy atom. The van der Waals surface area contributed by atoms with Crippen LogP contribution in [0, 0.1) is 6.92 Å². The van der Waals surface area contributed by atoms with E-state index in [0.717, 1.165) is 30.6 Å². The number of aromatic nitrogens is 1. The van der Waals surface area contributed by atoms with E-state index in [9.17, 15) is 0 Å². The molecule has 0 saturated heterocycles. The number of hydrogen-bond acceptors (Lipinski definition) is 3. The van der Waals surface area contributed by atoms with Gasteiger partial charge in [0.1, 0.15) is 6.26 Å². The standard InChI is InChI=1S/C10H14N2O/c1-8-9(7-13-12-8)6-11-10-4-2-3-5-10/h2-3,7,10-11H,4-6H2,1H3. The molecule has 3 nitrogen and oxygen atoms in total. The normalized spacial score (nSPS) is 17.0. The summed E-state index contributed by atoms with van der Waals surface area (Å²) in [5, 5.41) is 7.29. The second-order valence-electron chi connectivity index (χ2n) is 3.45. The zero-order chi connectivity index (χ0) is 9.10. The third-order valence-electron chi connectivity index (χ3n) is 2.44. The highest BCUT2D eigenvalue weighted by Gasteiger charge is 2.10. The lowest BCUT2D eigenvalue weighted by atomic mass is 10.2. The van der Waals surface area contributed by atoms with E-state index in [2.05, 4.69) is 22.6 Å². The van der Waals surface area contributed by atoms with E-state index in [0.29, 0.717) is 6.04 Å². The Balaban J connectivity index is 1.82. The molecular weight excluding hydrogens is 164 g/mol. The molecule has 1 aromatic rings. The number of rotatable bonds is 3. The van der Waals surface area contributed by atoms with Crippen LogP contribution in [-0.2, 0) is 6.54 Å². The van der Waals surface area contributed by atoms with Crippen LogP contribution in [0.1, 0.15) is 24.1 Å². The minimum absolute atomic E-state index is 0.606. The summed E-state index contributed by atoms with van der Waals surface area (Å²) in [6, 6.07) is 0.606. The first kappa shape index (κ1) is 8.51. The molecule has 0 bridgehead atoms. The summed E-state index contributed by atoms with van der Waals surface area (Å²) in [7, 11) is 0. The third-order valence-corrected chi connectivity index (χ3v) is 2.44. The fraction of sp³-hybridized carbons (Fsp3) is 0.500. The van der Waals surface area contributed by atoms with E-state index in [-0.39, 0.29) is 0 Å². The molecule has 1 heterocycles. The summed E-state index contributed by atoms with van der Waals surface area (Å²) in [5.41, 5.74) is 2.14. The molecule has 0 saturated carbocycles. The second-order valence-corrected chi connectivity index (χ2v) is 3.45. The second kappa shape index (κ2) is 3.75. The average Bonchev–Trinajstić information content (AvgIpc) is 2.72. The van der Waals surface area contributed by atoms with Gasteiger partial charge in [-0.2, -0.15) is 0 Å². The van der Waals surface area contributed by atoms with Crippen LogP contribution in [0.15, 0.2) is 22.9 Å². The Hall–Kier alpha value is -1.09. The van der Waals surface area contributed by atoms with Crippen molar-refractivity contribution >= 4 is 0 Å². The molecule has 13 heavy (non-hydrogen) atoms. The molecule has 2 rings (SSSR count). The van der Waals surface area contributed by atoms with Crippen molar-refractivity contribution in [3.8, 4) is 0 Å². The lowest BCUT2D eigenvalue weighted by Gasteiger charge is -2.10. The molecule has 0 unspecified atom stereocenters. The van der Waals surface area contributed by atoms with Crippen LogP contribution < -0.4 is 5.32 Å². The minimum Gasteiger partial charge on any atom is -0.364 e. The number of aryl methyl sites for hydroxylation is 1. The van der Waals surface area contributed by atoms with Gasteiger partial charge in [-0.25, -0.2) is 0 Å². The molecule has 0 amide bonds. The molecular formula is C10H14N2O. The van der Waals surface area contributed by atoms with E-state index < -0.39 is 0 Å². The topological polar surface area (TPSA) is 38.1 Å². The summed E-state index contributed by atoms with van der Waals surface area (Å²) >= 11 is 0. The molecule has 1 aromatic heterocycles. The molecule has 3 heteroatoms. The van der Waals surface area contributed by atoms with Crippen molar-refractivity contribution in [2.24, 2.45) is 0 Å². The molecule has 1 aliphatic rings. The Labute approximate surface area is 77.8 Å². The van der Waals surface area contributed by atoms with Gasteiger partial charge in [-0.05, 0) is 19.8 Å². The summed E-state index contributed by atoms with van der Waals surface area (Å²) in [4.78, 5) is 0. The predicted octanol–water partition coefficient (Wildman–Crippen LogP) is 1.79. The van der Waals surface area contributed by atoms with Crippen molar-refractivity contribution < 1.29 is 4.52 Å². The largest absolute Gasteiger partial charge is 0.364 e. The lowest BCUT2D eigenvalue weighted by molar-refractivity contribution is 0.413. The van der Waals surface area contributed by atoms with Gasteiger partial charge in [0, 0.05) is 18.2 Å². The number of hydrogen-bond donors (Lipinski definition) is 1. The quantitative estimate of drug-likeness (QED) is 0.717. The van der Waals surface area contributed by atoms with E-state index in [1.165, 1.54) is 0 Å². The Bertz CT molecular complexity index is 296.